The van der Waals surface area contributed by atoms with Gasteiger partial charge in [-0.15, -0.1) is 0 Å². The number of methoxy groups -OCH3 is 1. The quantitative estimate of drug-likeness (QED) is 0.483. The number of ether oxygens (including phenoxy) is 1. The van der Waals surface area contributed by atoms with Crippen molar-refractivity contribution in [3.05, 3.63) is 31.9 Å². The van der Waals surface area contributed by atoms with Crippen molar-refractivity contribution in [3.8, 4) is 0 Å². The predicted molar refractivity (Wildman–Crippen MR) is 76.9 cm³/mol. The Morgan fingerprint density at radius 1 is 1.56 bits per heavy atom. The van der Waals surface area contributed by atoms with Crippen LogP contribution in [0.4, 0.5) is 11.4 Å². The lowest BCUT2D eigenvalue weighted by atomic mass is 10.2. The third-order valence-corrected chi connectivity index (χ3v) is 3.86. The van der Waals surface area contributed by atoms with Gasteiger partial charge in [-0.1, -0.05) is 0 Å². The third-order valence-electron chi connectivity index (χ3n) is 2.97. The maximum Gasteiger partial charge on any atom is 0.270 e. The summed E-state index contributed by atoms with van der Waals surface area (Å²) in [6.07, 6.45) is 0.121. The lowest BCUT2D eigenvalue weighted by Crippen LogP contribution is -2.33. The van der Waals surface area contributed by atoms with E-state index < -0.39 is 0 Å². The fourth-order valence-electron chi connectivity index (χ4n) is 1.98. The molecule has 0 saturated carbocycles. The zero-order valence-electron chi connectivity index (χ0n) is 9.85. The van der Waals surface area contributed by atoms with Crippen molar-refractivity contribution in [1.82, 2.24) is 5.32 Å². The van der Waals surface area contributed by atoms with E-state index in [1.165, 1.54) is 6.07 Å². The van der Waals surface area contributed by atoms with Gasteiger partial charge in [0.15, 0.2) is 0 Å². The molecule has 1 aromatic carbocycles. The second-order valence-corrected chi connectivity index (χ2v) is 5.27. The Bertz CT molecular complexity index is 455. The Labute approximate surface area is 118 Å². The van der Waals surface area contributed by atoms with E-state index in [0.29, 0.717) is 0 Å². The van der Waals surface area contributed by atoms with E-state index in [-0.39, 0.29) is 22.8 Å². The maximum absolute atomic E-state index is 10.7. The number of nitro groups is 1. The molecule has 18 heavy (non-hydrogen) atoms. The number of benzene rings is 1. The average Bonchev–Trinajstić information content (AvgIpc) is 2.78. The summed E-state index contributed by atoms with van der Waals surface area (Å²) in [5, 5.41) is 17.3. The first-order valence-corrected chi connectivity index (χ1v) is 6.63. The van der Waals surface area contributed by atoms with Gasteiger partial charge in [-0.3, -0.25) is 10.1 Å². The molecule has 1 aliphatic heterocycles. The molecule has 1 fully saturated rings. The number of hydrogen-bond donors (Lipinski definition) is 2. The molecule has 7 heteroatoms. The van der Waals surface area contributed by atoms with Gasteiger partial charge in [-0.05, 0) is 28.7 Å². The smallest absolute Gasteiger partial charge is 0.270 e. The Kier molecular flexibility index (Phi) is 4.36. The summed E-state index contributed by atoms with van der Waals surface area (Å²) in [4.78, 5) is 10.3. The molecule has 2 N–H and O–H groups in total. The van der Waals surface area contributed by atoms with Crippen molar-refractivity contribution in [1.29, 1.82) is 0 Å². The summed E-state index contributed by atoms with van der Waals surface area (Å²) in [5.41, 5.74) is 1.01. The van der Waals surface area contributed by atoms with Crippen molar-refractivity contribution in [2.75, 3.05) is 25.5 Å². The molecular formula is C11H14IN3O3. The second kappa shape index (κ2) is 5.81. The Morgan fingerprint density at radius 3 is 2.94 bits per heavy atom. The molecule has 6 nitrogen and oxygen atoms in total. The largest absolute Gasteiger partial charge is 0.378 e. The van der Waals surface area contributed by atoms with Gasteiger partial charge in [0.05, 0.1) is 17.1 Å². The number of halogens is 1. The molecule has 0 bridgehead atoms. The number of nitrogens with zero attached hydrogens (tertiary/aromatic N) is 1. The van der Waals surface area contributed by atoms with Gasteiger partial charge in [0.25, 0.3) is 5.69 Å². The van der Waals surface area contributed by atoms with Gasteiger partial charge in [-0.25, -0.2) is 0 Å². The van der Waals surface area contributed by atoms with Gasteiger partial charge in [0, 0.05) is 41.6 Å². The summed E-state index contributed by atoms with van der Waals surface area (Å²) in [6, 6.07) is 5.00. The van der Waals surface area contributed by atoms with Crippen LogP contribution in [0, 0.1) is 13.7 Å². The van der Waals surface area contributed by atoms with E-state index in [1.807, 2.05) is 0 Å². The van der Waals surface area contributed by atoms with E-state index >= 15 is 0 Å². The maximum atomic E-state index is 10.7. The van der Waals surface area contributed by atoms with E-state index in [0.717, 1.165) is 22.3 Å². The van der Waals surface area contributed by atoms with Crippen LogP contribution >= 0.6 is 22.6 Å². The van der Waals surface area contributed by atoms with Crippen LogP contribution in [0.25, 0.3) is 0 Å². The standard InChI is InChI=1S/C11H14IN3O3/c1-18-11-6-13-5-10(11)14-9-3-2-7(15(16)17)4-8(9)12/h2-4,10-11,13-14H,5-6H2,1H3/t10?,11-/m0/s1. The number of anilines is 1. The minimum Gasteiger partial charge on any atom is -0.378 e. The fourth-order valence-corrected chi connectivity index (χ4v) is 2.64. The molecule has 2 atom stereocenters. The van der Waals surface area contributed by atoms with Crippen LogP contribution < -0.4 is 10.6 Å². The minimum absolute atomic E-state index is 0.109. The lowest BCUT2D eigenvalue weighted by molar-refractivity contribution is -0.384. The average molecular weight is 363 g/mol. The zero-order chi connectivity index (χ0) is 13.1. The van der Waals surface area contributed by atoms with Crippen LogP contribution in [0.2, 0.25) is 0 Å². The zero-order valence-corrected chi connectivity index (χ0v) is 12.0. The summed E-state index contributed by atoms with van der Waals surface area (Å²) >= 11 is 2.10. The first kappa shape index (κ1) is 13.5. The van der Waals surface area contributed by atoms with Crippen LogP contribution in [0.1, 0.15) is 0 Å². The first-order valence-electron chi connectivity index (χ1n) is 5.56. The molecule has 0 aliphatic carbocycles. The predicted octanol–water partition coefficient (Wildman–Crippen LogP) is 1.60. The number of rotatable bonds is 4. The minimum atomic E-state index is -0.388. The van der Waals surface area contributed by atoms with E-state index in [9.17, 15) is 10.1 Å². The monoisotopic (exact) mass is 363 g/mol. The molecule has 1 unspecified atom stereocenters. The highest BCUT2D eigenvalue weighted by molar-refractivity contribution is 14.1. The molecule has 0 spiro atoms. The van der Waals surface area contributed by atoms with Gasteiger partial charge in [-0.2, -0.15) is 0 Å². The highest BCUT2D eigenvalue weighted by atomic mass is 127. The summed E-state index contributed by atoms with van der Waals surface area (Å²) < 4.78 is 6.20. The lowest BCUT2D eigenvalue weighted by Gasteiger charge is -2.20. The summed E-state index contributed by atoms with van der Waals surface area (Å²) in [5.74, 6) is 0. The summed E-state index contributed by atoms with van der Waals surface area (Å²) in [7, 11) is 1.69. The second-order valence-electron chi connectivity index (χ2n) is 4.10. The van der Waals surface area contributed by atoms with E-state index in [4.69, 9.17) is 4.74 Å². The normalized spacial score (nSPS) is 23.0. The number of nitrogens with one attached hydrogen (secondary N) is 2. The van der Waals surface area contributed by atoms with Crippen LogP contribution in [0.15, 0.2) is 18.2 Å². The fraction of sp³-hybridized carbons (Fsp3) is 0.455. The Hall–Kier alpha value is -0.930. The van der Waals surface area contributed by atoms with Crippen molar-refractivity contribution in [3.63, 3.8) is 0 Å². The van der Waals surface area contributed by atoms with Crippen molar-refractivity contribution < 1.29 is 9.66 Å². The van der Waals surface area contributed by atoms with Crippen LogP contribution in [-0.4, -0.2) is 37.3 Å². The van der Waals surface area contributed by atoms with Gasteiger partial charge in [0.2, 0.25) is 0 Å². The van der Waals surface area contributed by atoms with Crippen molar-refractivity contribution in [2.24, 2.45) is 0 Å². The SMILES string of the molecule is CO[C@H]1CNCC1Nc1ccc([N+](=O)[O-])cc1I. The van der Waals surface area contributed by atoms with Crippen LogP contribution in [0.3, 0.4) is 0 Å². The van der Waals surface area contributed by atoms with Crippen LogP contribution in [-0.2, 0) is 4.74 Å². The Balaban J connectivity index is 2.12. The highest BCUT2D eigenvalue weighted by Crippen LogP contribution is 2.25. The molecule has 1 saturated heterocycles. The van der Waals surface area contributed by atoms with E-state index in [2.05, 4.69) is 33.2 Å². The molecule has 1 aromatic rings. The number of hydrogen-bond acceptors (Lipinski definition) is 5. The molecule has 0 radical (unpaired) electrons. The number of non-ortho nitro benzene ring substituents is 1. The molecule has 1 heterocycles. The molecule has 0 aromatic heterocycles. The number of nitro benzene ring substituents is 1. The van der Waals surface area contributed by atoms with Gasteiger partial charge in [0.1, 0.15) is 0 Å². The van der Waals surface area contributed by atoms with Crippen molar-refractivity contribution >= 4 is 34.0 Å². The molecule has 98 valence electrons. The first-order chi connectivity index (χ1) is 8.61. The summed E-state index contributed by atoms with van der Waals surface area (Å²) in [6.45, 7) is 1.64. The van der Waals surface area contributed by atoms with E-state index in [1.54, 1.807) is 19.2 Å². The Morgan fingerprint density at radius 2 is 2.33 bits per heavy atom. The molecular weight excluding hydrogens is 349 g/mol. The van der Waals surface area contributed by atoms with Gasteiger partial charge < -0.3 is 15.4 Å². The molecule has 2 rings (SSSR count). The van der Waals surface area contributed by atoms with Crippen LogP contribution in [0.5, 0.6) is 0 Å². The third kappa shape index (κ3) is 2.90. The molecule has 0 amide bonds. The topological polar surface area (TPSA) is 76.4 Å². The highest BCUT2D eigenvalue weighted by Gasteiger charge is 2.27. The van der Waals surface area contributed by atoms with Gasteiger partial charge >= 0.3 is 0 Å². The van der Waals surface area contributed by atoms with Crippen molar-refractivity contribution in [2.45, 2.75) is 12.1 Å². The molecule has 1 aliphatic rings.